The van der Waals surface area contributed by atoms with E-state index >= 15 is 0 Å². The van der Waals surface area contributed by atoms with Crippen molar-refractivity contribution < 1.29 is 0 Å². The quantitative estimate of drug-likeness (QED) is 0.821. The Morgan fingerprint density at radius 2 is 2.24 bits per heavy atom. The maximum absolute atomic E-state index is 12.6. The molecular weight excluding hydrogens is 332 g/mol. The van der Waals surface area contributed by atoms with Gasteiger partial charge in [0.1, 0.15) is 5.69 Å². The van der Waals surface area contributed by atoms with Crippen LogP contribution < -0.4 is 16.6 Å². The molecule has 0 amide bonds. The highest BCUT2D eigenvalue weighted by Gasteiger charge is 2.29. The molecule has 0 radical (unpaired) electrons. The van der Waals surface area contributed by atoms with Gasteiger partial charge in [-0.3, -0.25) is 4.79 Å². The first-order valence-corrected chi connectivity index (χ1v) is 8.40. The minimum absolute atomic E-state index is 0.0726. The summed E-state index contributed by atoms with van der Waals surface area (Å²) in [5.41, 5.74) is 6.07. The summed E-state index contributed by atoms with van der Waals surface area (Å²) in [6.07, 6.45) is 5.35. The number of nitrogens with two attached hydrogens (primary N) is 1. The second-order valence-electron chi connectivity index (χ2n) is 6.55. The van der Waals surface area contributed by atoms with Gasteiger partial charge in [0.05, 0.1) is 10.7 Å². The van der Waals surface area contributed by atoms with Crippen molar-refractivity contribution in [1.82, 2.24) is 9.78 Å². The second kappa shape index (κ2) is 6.48. The average molecular weight is 357 g/mol. The van der Waals surface area contributed by atoms with E-state index in [1.165, 1.54) is 19.3 Å². The first-order chi connectivity index (χ1) is 9.87. The zero-order valence-corrected chi connectivity index (χ0v) is 14.6. The molecule has 1 aliphatic rings. The van der Waals surface area contributed by atoms with Crippen LogP contribution in [0.2, 0.25) is 0 Å². The van der Waals surface area contributed by atoms with Crippen molar-refractivity contribution in [2.24, 2.45) is 17.6 Å². The predicted molar refractivity (Wildman–Crippen MR) is 89.5 cm³/mol. The molecule has 0 saturated heterocycles. The fourth-order valence-electron chi connectivity index (χ4n) is 2.35. The zero-order chi connectivity index (χ0) is 15.6. The molecule has 1 aliphatic carbocycles. The first kappa shape index (κ1) is 16.5. The van der Waals surface area contributed by atoms with Crippen molar-refractivity contribution in [2.45, 2.75) is 52.1 Å². The lowest BCUT2D eigenvalue weighted by molar-refractivity contribution is 0.261. The van der Waals surface area contributed by atoms with Crippen molar-refractivity contribution in [1.29, 1.82) is 0 Å². The molecule has 0 spiro atoms. The maximum atomic E-state index is 12.6. The summed E-state index contributed by atoms with van der Waals surface area (Å²) in [5, 5.41) is 7.59. The van der Waals surface area contributed by atoms with Crippen LogP contribution in [0, 0.1) is 11.8 Å². The zero-order valence-electron chi connectivity index (χ0n) is 13.0. The van der Waals surface area contributed by atoms with Gasteiger partial charge in [-0.2, -0.15) is 5.10 Å². The number of rotatable bonds is 6. The van der Waals surface area contributed by atoms with Gasteiger partial charge < -0.3 is 11.1 Å². The van der Waals surface area contributed by atoms with Gasteiger partial charge >= 0.3 is 0 Å². The minimum atomic E-state index is -0.322. The van der Waals surface area contributed by atoms with Crippen LogP contribution in [0.4, 0.5) is 5.69 Å². The van der Waals surface area contributed by atoms with Gasteiger partial charge in [0.15, 0.2) is 0 Å². The van der Waals surface area contributed by atoms with Crippen LogP contribution in [0.15, 0.2) is 15.5 Å². The monoisotopic (exact) mass is 356 g/mol. The lowest BCUT2D eigenvalue weighted by Crippen LogP contribution is -2.49. The summed E-state index contributed by atoms with van der Waals surface area (Å²) >= 11 is 3.43. The molecular formula is C15H25BrN4O. The summed E-state index contributed by atoms with van der Waals surface area (Å²) < 4.78 is 2.27. The highest BCUT2D eigenvalue weighted by atomic mass is 79.9. The molecule has 6 heteroatoms. The molecule has 1 saturated carbocycles. The summed E-state index contributed by atoms with van der Waals surface area (Å²) in [7, 11) is 0. The molecule has 1 aromatic heterocycles. The molecule has 5 nitrogen and oxygen atoms in total. The molecule has 118 valence electrons. The van der Waals surface area contributed by atoms with E-state index in [1.807, 2.05) is 6.92 Å². The molecule has 21 heavy (non-hydrogen) atoms. The normalized spacial score (nSPS) is 18.4. The SMILES string of the molecule is CC(C)C(C)(CN)Nc1c(Br)cnn(CC2CCC2)c1=O. The largest absolute Gasteiger partial charge is 0.373 e. The summed E-state index contributed by atoms with van der Waals surface area (Å²) in [5.74, 6) is 0.900. The molecule has 1 heterocycles. The molecule has 1 atom stereocenters. The smallest absolute Gasteiger partial charge is 0.291 e. The molecule has 0 aromatic carbocycles. The summed E-state index contributed by atoms with van der Waals surface area (Å²) in [6, 6.07) is 0. The van der Waals surface area contributed by atoms with Crippen molar-refractivity contribution in [3.8, 4) is 0 Å². The Labute approximate surface area is 134 Å². The molecule has 1 fully saturated rings. The van der Waals surface area contributed by atoms with Crippen LogP contribution in [-0.2, 0) is 6.54 Å². The topological polar surface area (TPSA) is 72.9 Å². The first-order valence-electron chi connectivity index (χ1n) is 7.61. The number of hydrogen-bond donors (Lipinski definition) is 2. The lowest BCUT2D eigenvalue weighted by atomic mass is 9.85. The molecule has 0 aliphatic heterocycles. The number of hydrogen-bond acceptors (Lipinski definition) is 4. The summed E-state index contributed by atoms with van der Waals surface area (Å²) in [4.78, 5) is 12.6. The van der Waals surface area contributed by atoms with E-state index in [2.05, 4.69) is 40.2 Å². The van der Waals surface area contributed by atoms with E-state index in [1.54, 1.807) is 10.9 Å². The number of nitrogens with one attached hydrogen (secondary N) is 1. The Morgan fingerprint density at radius 1 is 1.57 bits per heavy atom. The third-order valence-electron chi connectivity index (χ3n) is 4.76. The van der Waals surface area contributed by atoms with Gasteiger partial charge in [-0.15, -0.1) is 0 Å². The number of aromatic nitrogens is 2. The van der Waals surface area contributed by atoms with Gasteiger partial charge in [0.25, 0.3) is 5.56 Å². The third kappa shape index (κ3) is 3.48. The van der Waals surface area contributed by atoms with Crippen LogP contribution >= 0.6 is 15.9 Å². The van der Waals surface area contributed by atoms with E-state index in [4.69, 9.17) is 5.73 Å². The Bertz CT molecular complexity index is 553. The molecule has 1 aromatic rings. The number of halogens is 1. The van der Waals surface area contributed by atoms with Gasteiger partial charge in [0, 0.05) is 18.6 Å². The van der Waals surface area contributed by atoms with E-state index in [0.29, 0.717) is 35.1 Å². The van der Waals surface area contributed by atoms with Crippen LogP contribution in [0.1, 0.15) is 40.0 Å². The van der Waals surface area contributed by atoms with Gasteiger partial charge in [0.2, 0.25) is 0 Å². The van der Waals surface area contributed by atoms with Crippen LogP contribution in [0.5, 0.6) is 0 Å². The van der Waals surface area contributed by atoms with Crippen LogP contribution in [0.3, 0.4) is 0 Å². The second-order valence-corrected chi connectivity index (χ2v) is 7.41. The van der Waals surface area contributed by atoms with E-state index < -0.39 is 0 Å². The minimum Gasteiger partial charge on any atom is -0.373 e. The van der Waals surface area contributed by atoms with E-state index in [-0.39, 0.29) is 11.1 Å². The Balaban J connectivity index is 2.29. The highest BCUT2D eigenvalue weighted by Crippen LogP contribution is 2.28. The third-order valence-corrected chi connectivity index (χ3v) is 5.36. The molecule has 0 bridgehead atoms. The van der Waals surface area contributed by atoms with Crippen molar-refractivity contribution in [3.05, 3.63) is 21.0 Å². The van der Waals surface area contributed by atoms with Crippen LogP contribution in [0.25, 0.3) is 0 Å². The van der Waals surface area contributed by atoms with Gasteiger partial charge in [-0.25, -0.2) is 4.68 Å². The van der Waals surface area contributed by atoms with E-state index in [0.717, 1.165) is 0 Å². The van der Waals surface area contributed by atoms with Crippen molar-refractivity contribution >= 4 is 21.6 Å². The number of nitrogens with zero attached hydrogens (tertiary/aromatic N) is 2. The Kier molecular flexibility index (Phi) is 5.09. The highest BCUT2D eigenvalue weighted by molar-refractivity contribution is 9.10. The fourth-order valence-corrected chi connectivity index (χ4v) is 2.71. The molecule has 1 unspecified atom stereocenters. The van der Waals surface area contributed by atoms with Gasteiger partial charge in [-0.1, -0.05) is 20.3 Å². The maximum Gasteiger partial charge on any atom is 0.291 e. The Morgan fingerprint density at radius 3 is 2.71 bits per heavy atom. The van der Waals surface area contributed by atoms with E-state index in [9.17, 15) is 4.79 Å². The summed E-state index contributed by atoms with van der Waals surface area (Å²) in [6.45, 7) is 7.41. The van der Waals surface area contributed by atoms with Crippen molar-refractivity contribution in [3.63, 3.8) is 0 Å². The Hall–Kier alpha value is -0.880. The average Bonchev–Trinajstić information content (AvgIpc) is 2.40. The fraction of sp³-hybridized carbons (Fsp3) is 0.733. The van der Waals surface area contributed by atoms with Crippen molar-refractivity contribution in [2.75, 3.05) is 11.9 Å². The number of anilines is 1. The lowest BCUT2D eigenvalue weighted by Gasteiger charge is -2.35. The molecule has 2 rings (SSSR count). The molecule has 3 N–H and O–H groups in total. The standard InChI is InChI=1S/C15H25BrN4O/c1-10(2)15(3,9-17)19-13-12(16)7-18-20(14(13)21)8-11-5-4-6-11/h7,10-11,19H,4-6,8-9,17H2,1-3H3. The van der Waals surface area contributed by atoms with Crippen LogP contribution in [-0.4, -0.2) is 21.9 Å². The van der Waals surface area contributed by atoms with Gasteiger partial charge in [-0.05, 0) is 47.5 Å². The predicted octanol–water partition coefficient (Wildman–Crippen LogP) is 2.59.